The third-order valence-electron chi connectivity index (χ3n) is 3.77. The molecule has 0 radical (unpaired) electrons. The lowest BCUT2D eigenvalue weighted by molar-refractivity contribution is 0.0953. The number of nitrogens with two attached hydrogens (primary N) is 1. The maximum absolute atomic E-state index is 12.0. The summed E-state index contributed by atoms with van der Waals surface area (Å²) in [6, 6.07) is 5.56. The quantitative estimate of drug-likeness (QED) is 0.494. The lowest BCUT2D eigenvalue weighted by Crippen LogP contribution is -2.25. The number of hydrogen-bond donors (Lipinski definition) is 2. The van der Waals surface area contributed by atoms with Crippen molar-refractivity contribution < 1.29 is 4.79 Å². The van der Waals surface area contributed by atoms with Gasteiger partial charge in [0.05, 0.1) is 5.56 Å². The molecule has 0 aliphatic carbocycles. The molecule has 21 heavy (non-hydrogen) atoms. The average Bonchev–Trinajstić information content (AvgIpc) is 2.48. The Morgan fingerprint density at radius 3 is 2.33 bits per heavy atom. The molecule has 0 spiro atoms. The Hall–Kier alpha value is -1.51. The highest BCUT2D eigenvalue weighted by atomic mass is 16.1. The fourth-order valence-corrected chi connectivity index (χ4v) is 2.42. The Balaban J connectivity index is 2.12. The smallest absolute Gasteiger partial charge is 0.253 e. The molecule has 0 aliphatic rings. The van der Waals surface area contributed by atoms with Crippen LogP contribution in [0.2, 0.25) is 0 Å². The average molecular weight is 290 g/mol. The van der Waals surface area contributed by atoms with Gasteiger partial charge in [0.25, 0.3) is 5.91 Å². The van der Waals surface area contributed by atoms with E-state index in [1.165, 1.54) is 44.9 Å². The summed E-state index contributed by atoms with van der Waals surface area (Å²) < 4.78 is 0. The zero-order chi connectivity index (χ0) is 15.5. The van der Waals surface area contributed by atoms with Crippen LogP contribution in [0.4, 0.5) is 5.69 Å². The molecule has 1 aromatic carbocycles. The summed E-state index contributed by atoms with van der Waals surface area (Å²) in [6.07, 6.45) is 10.2. The van der Waals surface area contributed by atoms with Gasteiger partial charge >= 0.3 is 0 Å². The minimum absolute atomic E-state index is 0.0563. The molecule has 0 saturated carbocycles. The van der Waals surface area contributed by atoms with Gasteiger partial charge in [-0.2, -0.15) is 0 Å². The lowest BCUT2D eigenvalue weighted by Gasteiger charge is -2.08. The van der Waals surface area contributed by atoms with Crippen LogP contribution in [0.3, 0.4) is 0 Å². The van der Waals surface area contributed by atoms with Crippen molar-refractivity contribution >= 4 is 11.6 Å². The van der Waals surface area contributed by atoms with Gasteiger partial charge in [-0.3, -0.25) is 4.79 Å². The summed E-state index contributed by atoms with van der Waals surface area (Å²) in [5.74, 6) is -0.0563. The Morgan fingerprint density at radius 1 is 1.05 bits per heavy atom. The lowest BCUT2D eigenvalue weighted by atomic mass is 10.1. The third kappa shape index (κ3) is 7.16. The van der Waals surface area contributed by atoms with E-state index < -0.39 is 0 Å². The molecule has 3 nitrogen and oxygen atoms in total. The van der Waals surface area contributed by atoms with Gasteiger partial charge in [-0.05, 0) is 25.5 Å². The van der Waals surface area contributed by atoms with Crippen LogP contribution in [0.1, 0.15) is 74.2 Å². The highest BCUT2D eigenvalue weighted by Crippen LogP contribution is 2.13. The Morgan fingerprint density at radius 2 is 1.67 bits per heavy atom. The summed E-state index contributed by atoms with van der Waals surface area (Å²) in [4.78, 5) is 12.0. The molecule has 0 bridgehead atoms. The van der Waals surface area contributed by atoms with E-state index in [2.05, 4.69) is 12.2 Å². The van der Waals surface area contributed by atoms with Crippen molar-refractivity contribution in [2.45, 2.75) is 65.2 Å². The number of carbonyl (C=O) groups excluding carboxylic acids is 1. The van der Waals surface area contributed by atoms with E-state index in [4.69, 9.17) is 5.73 Å². The normalized spacial score (nSPS) is 10.6. The highest BCUT2D eigenvalue weighted by Gasteiger charge is 2.08. The van der Waals surface area contributed by atoms with Gasteiger partial charge in [-0.25, -0.2) is 0 Å². The molecule has 1 aromatic rings. The van der Waals surface area contributed by atoms with Crippen molar-refractivity contribution in [1.82, 2.24) is 5.32 Å². The number of benzene rings is 1. The Bertz CT molecular complexity index is 429. The van der Waals surface area contributed by atoms with Gasteiger partial charge < -0.3 is 11.1 Å². The fourth-order valence-electron chi connectivity index (χ4n) is 2.42. The van der Waals surface area contributed by atoms with Crippen LogP contribution in [-0.2, 0) is 0 Å². The molecular formula is C18H30N2O. The molecule has 0 atom stereocenters. The van der Waals surface area contributed by atoms with Gasteiger partial charge in [-0.15, -0.1) is 0 Å². The van der Waals surface area contributed by atoms with Crippen molar-refractivity contribution in [2.24, 2.45) is 0 Å². The second-order valence-electron chi connectivity index (χ2n) is 5.82. The minimum atomic E-state index is -0.0563. The maximum atomic E-state index is 12.0. The summed E-state index contributed by atoms with van der Waals surface area (Å²) in [5.41, 5.74) is 8.04. The van der Waals surface area contributed by atoms with Gasteiger partial charge in [-0.1, -0.05) is 63.5 Å². The van der Waals surface area contributed by atoms with Gasteiger partial charge in [0.1, 0.15) is 0 Å². The molecule has 0 saturated heterocycles. The van der Waals surface area contributed by atoms with Crippen LogP contribution in [0.25, 0.3) is 0 Å². The summed E-state index contributed by atoms with van der Waals surface area (Å²) >= 11 is 0. The molecule has 118 valence electrons. The standard InChI is InChI=1S/C18H30N2O/c1-3-4-5-6-7-8-9-10-13-20-18(21)16-14-15(2)11-12-17(16)19/h11-12,14H,3-10,13,19H2,1-2H3,(H,20,21). The van der Waals surface area contributed by atoms with E-state index in [1.54, 1.807) is 6.07 Å². The maximum Gasteiger partial charge on any atom is 0.253 e. The van der Waals surface area contributed by atoms with Crippen molar-refractivity contribution in [3.8, 4) is 0 Å². The predicted octanol–water partition coefficient (Wildman–Crippen LogP) is 4.45. The van der Waals surface area contributed by atoms with Crippen LogP contribution in [-0.4, -0.2) is 12.5 Å². The summed E-state index contributed by atoms with van der Waals surface area (Å²) in [6.45, 7) is 4.94. The van der Waals surface area contributed by atoms with Crippen molar-refractivity contribution in [2.75, 3.05) is 12.3 Å². The number of unbranched alkanes of at least 4 members (excludes halogenated alkanes) is 7. The number of anilines is 1. The van der Waals surface area contributed by atoms with Gasteiger partial charge in [0, 0.05) is 12.2 Å². The second-order valence-corrected chi connectivity index (χ2v) is 5.82. The van der Waals surface area contributed by atoms with Crippen LogP contribution < -0.4 is 11.1 Å². The van der Waals surface area contributed by atoms with E-state index >= 15 is 0 Å². The topological polar surface area (TPSA) is 55.1 Å². The first kappa shape index (κ1) is 17.5. The number of amides is 1. The number of hydrogen-bond acceptors (Lipinski definition) is 2. The zero-order valence-electron chi connectivity index (χ0n) is 13.6. The molecule has 1 rings (SSSR count). The first-order valence-electron chi connectivity index (χ1n) is 8.29. The van der Waals surface area contributed by atoms with Crippen LogP contribution >= 0.6 is 0 Å². The van der Waals surface area contributed by atoms with Gasteiger partial charge in [0.15, 0.2) is 0 Å². The first-order valence-corrected chi connectivity index (χ1v) is 8.29. The SMILES string of the molecule is CCCCCCCCCCNC(=O)c1cc(C)ccc1N. The fraction of sp³-hybridized carbons (Fsp3) is 0.611. The van der Waals surface area contributed by atoms with E-state index in [0.29, 0.717) is 11.3 Å². The van der Waals surface area contributed by atoms with Crippen molar-refractivity contribution in [1.29, 1.82) is 0 Å². The largest absolute Gasteiger partial charge is 0.398 e. The molecule has 0 fully saturated rings. The number of rotatable bonds is 10. The monoisotopic (exact) mass is 290 g/mol. The van der Waals surface area contributed by atoms with E-state index in [0.717, 1.165) is 18.5 Å². The van der Waals surface area contributed by atoms with Crippen LogP contribution in [0.5, 0.6) is 0 Å². The van der Waals surface area contributed by atoms with Crippen LogP contribution in [0.15, 0.2) is 18.2 Å². The Labute approximate surface area is 129 Å². The third-order valence-corrected chi connectivity index (χ3v) is 3.77. The number of carbonyl (C=O) groups is 1. The molecule has 0 aliphatic heterocycles. The van der Waals surface area contributed by atoms with E-state index in [-0.39, 0.29) is 5.91 Å². The summed E-state index contributed by atoms with van der Waals surface area (Å²) in [5, 5.41) is 2.96. The van der Waals surface area contributed by atoms with Crippen molar-refractivity contribution in [3.05, 3.63) is 29.3 Å². The molecule has 1 amide bonds. The number of nitrogens with one attached hydrogen (secondary N) is 1. The van der Waals surface area contributed by atoms with Crippen LogP contribution in [0, 0.1) is 6.92 Å². The van der Waals surface area contributed by atoms with Gasteiger partial charge in [0.2, 0.25) is 0 Å². The molecular weight excluding hydrogens is 260 g/mol. The predicted molar refractivity (Wildman–Crippen MR) is 90.5 cm³/mol. The molecule has 0 unspecified atom stereocenters. The summed E-state index contributed by atoms with van der Waals surface area (Å²) in [7, 11) is 0. The van der Waals surface area contributed by atoms with E-state index in [9.17, 15) is 4.79 Å². The first-order chi connectivity index (χ1) is 10.1. The van der Waals surface area contributed by atoms with E-state index in [1.807, 2.05) is 19.1 Å². The minimum Gasteiger partial charge on any atom is -0.398 e. The molecule has 3 N–H and O–H groups in total. The molecule has 3 heteroatoms. The molecule has 0 aromatic heterocycles. The molecule has 0 heterocycles. The Kier molecular flexibility index (Phi) is 8.56. The highest BCUT2D eigenvalue weighted by molar-refractivity contribution is 5.99. The zero-order valence-corrected chi connectivity index (χ0v) is 13.6. The van der Waals surface area contributed by atoms with Crippen molar-refractivity contribution in [3.63, 3.8) is 0 Å². The number of nitrogen functional groups attached to an aromatic ring is 1. The number of aryl methyl sites for hydroxylation is 1. The second kappa shape index (κ2) is 10.3.